The van der Waals surface area contributed by atoms with Crippen LogP contribution in [-0.2, 0) is 22.6 Å². The quantitative estimate of drug-likeness (QED) is 0.252. The van der Waals surface area contributed by atoms with Gasteiger partial charge in [-0.25, -0.2) is 4.68 Å². The van der Waals surface area contributed by atoms with Gasteiger partial charge in [0, 0.05) is 19.2 Å². The van der Waals surface area contributed by atoms with Crippen molar-refractivity contribution in [2.75, 3.05) is 33.4 Å². The van der Waals surface area contributed by atoms with Crippen molar-refractivity contribution < 1.29 is 24.1 Å². The second-order valence-corrected chi connectivity index (χ2v) is 7.21. The lowest BCUT2D eigenvalue weighted by Crippen LogP contribution is -2.23. The van der Waals surface area contributed by atoms with E-state index in [1.54, 1.807) is 18.2 Å². The molecule has 0 aliphatic heterocycles. The molecule has 1 heterocycles. The molecule has 6 N–H and O–H groups in total. The molecule has 10 nitrogen and oxygen atoms in total. The lowest BCUT2D eigenvalue weighted by Gasteiger charge is -2.10. The number of nitrogens with zero attached hydrogens (tertiary/aromatic N) is 2. The van der Waals surface area contributed by atoms with Crippen LogP contribution in [0.3, 0.4) is 0 Å². The number of ether oxygens (including phenoxy) is 3. The summed E-state index contributed by atoms with van der Waals surface area (Å²) in [4.78, 5) is 12.5. The van der Waals surface area contributed by atoms with Gasteiger partial charge in [0.1, 0.15) is 30.3 Å². The Bertz CT molecular complexity index is 1070. The van der Waals surface area contributed by atoms with Gasteiger partial charge in [-0.2, -0.15) is 5.10 Å². The van der Waals surface area contributed by atoms with E-state index in [1.807, 2.05) is 30.3 Å². The van der Waals surface area contributed by atoms with Crippen molar-refractivity contribution in [3.8, 4) is 17.0 Å². The van der Waals surface area contributed by atoms with Gasteiger partial charge < -0.3 is 36.1 Å². The normalized spacial score (nSPS) is 11.9. The molecule has 3 rings (SSSR count). The predicted octanol–water partition coefficient (Wildman–Crippen LogP) is 1.64. The van der Waals surface area contributed by atoms with Crippen molar-refractivity contribution >= 4 is 11.7 Å². The number of nitrogens with two attached hydrogens (primary N) is 2. The highest BCUT2D eigenvalue weighted by molar-refractivity contribution is 5.96. The fourth-order valence-corrected chi connectivity index (χ4v) is 3.35. The summed E-state index contributed by atoms with van der Waals surface area (Å²) < 4.78 is 16.9. The summed E-state index contributed by atoms with van der Waals surface area (Å²) in [6.07, 6.45) is -1.28. The van der Waals surface area contributed by atoms with Crippen molar-refractivity contribution in [3.63, 3.8) is 0 Å². The maximum Gasteiger partial charge on any atom is 0.255 e. The van der Waals surface area contributed by atoms with Crippen LogP contribution in [0.4, 0.5) is 5.82 Å². The number of methoxy groups -OCH3 is 2. The Kier molecular flexibility index (Phi) is 8.39. The Balaban J connectivity index is 1.72. The number of carbonyl (C=O) groups is 1. The average Bonchev–Trinajstić information content (AvgIpc) is 3.16. The van der Waals surface area contributed by atoms with Crippen molar-refractivity contribution in [2.45, 2.75) is 19.3 Å². The molecule has 0 fully saturated rings. The van der Waals surface area contributed by atoms with Crippen LogP contribution in [0.2, 0.25) is 0 Å². The minimum Gasteiger partial charge on any atom is -0.496 e. The number of nitrogen functional groups attached to an aromatic ring is 1. The highest BCUT2D eigenvalue weighted by atomic mass is 16.7. The smallest absolute Gasteiger partial charge is 0.255 e. The number of carbonyl (C=O) groups excluding carboxylic acids is 1. The molecule has 1 amide bonds. The number of nitrogens with one attached hydrogen (secondary N) is 1. The lowest BCUT2D eigenvalue weighted by atomic mass is 10.0. The van der Waals surface area contributed by atoms with Crippen molar-refractivity contribution in [1.29, 1.82) is 0 Å². The van der Waals surface area contributed by atoms with Gasteiger partial charge in [-0.1, -0.05) is 36.4 Å². The number of anilines is 1. The molecule has 3 aromatic rings. The number of aliphatic hydroxyl groups is 1. The van der Waals surface area contributed by atoms with Crippen LogP contribution in [0.15, 0.2) is 48.5 Å². The molecule has 0 aliphatic rings. The second-order valence-electron chi connectivity index (χ2n) is 7.21. The molecule has 10 heteroatoms. The van der Waals surface area contributed by atoms with E-state index in [4.69, 9.17) is 25.7 Å². The van der Waals surface area contributed by atoms with Crippen molar-refractivity contribution in [2.24, 2.45) is 5.73 Å². The van der Waals surface area contributed by atoms with Gasteiger partial charge >= 0.3 is 0 Å². The Morgan fingerprint density at radius 1 is 1.18 bits per heavy atom. The van der Waals surface area contributed by atoms with Crippen molar-refractivity contribution in [3.05, 3.63) is 65.2 Å². The average molecular weight is 456 g/mol. The van der Waals surface area contributed by atoms with E-state index in [2.05, 4.69) is 10.4 Å². The summed E-state index contributed by atoms with van der Waals surface area (Å²) >= 11 is 0. The third-order valence-corrected chi connectivity index (χ3v) is 5.01. The fraction of sp³-hybridized carbons (Fsp3) is 0.304. The van der Waals surface area contributed by atoms with Crippen LogP contribution in [0.1, 0.15) is 27.7 Å². The zero-order valence-electron chi connectivity index (χ0n) is 18.7. The Labute approximate surface area is 192 Å². The number of hydrogen-bond acceptors (Lipinski definition) is 8. The van der Waals surface area contributed by atoms with Gasteiger partial charge in [-0.05, 0) is 17.7 Å². The van der Waals surface area contributed by atoms with Crippen LogP contribution in [0.5, 0.6) is 5.75 Å². The molecule has 0 saturated heterocycles. The maximum atomic E-state index is 12.5. The molecule has 0 aliphatic carbocycles. The molecule has 2 aromatic carbocycles. The van der Waals surface area contributed by atoms with Gasteiger partial charge in [0.15, 0.2) is 0 Å². The summed E-state index contributed by atoms with van der Waals surface area (Å²) in [7, 11) is 3.06. The third-order valence-electron chi connectivity index (χ3n) is 5.01. The SMILES string of the molecule is COCOCCn1nc(-c2ccc(CNC(=O)c3ccccc3OC)cc2)c(C(N)O)c1N. The highest BCUT2D eigenvalue weighted by Crippen LogP contribution is 2.30. The molecular formula is C23H29N5O5. The minimum absolute atomic E-state index is 0.162. The number of aromatic nitrogens is 2. The van der Waals surface area contributed by atoms with E-state index >= 15 is 0 Å². The van der Waals surface area contributed by atoms with Gasteiger partial charge in [-0.3, -0.25) is 4.79 Å². The Morgan fingerprint density at radius 3 is 2.58 bits per heavy atom. The number of hydrogen-bond donors (Lipinski definition) is 4. The molecule has 33 heavy (non-hydrogen) atoms. The lowest BCUT2D eigenvalue weighted by molar-refractivity contribution is -0.0335. The Morgan fingerprint density at radius 2 is 1.91 bits per heavy atom. The monoisotopic (exact) mass is 455 g/mol. The van der Waals surface area contributed by atoms with Gasteiger partial charge in [0.2, 0.25) is 0 Å². The maximum absolute atomic E-state index is 12.5. The fourth-order valence-electron chi connectivity index (χ4n) is 3.35. The second kappa shape index (κ2) is 11.4. The van der Waals surface area contributed by atoms with E-state index in [1.165, 1.54) is 18.9 Å². The van der Waals surface area contributed by atoms with Crippen LogP contribution in [0, 0.1) is 0 Å². The molecule has 1 atom stereocenters. The van der Waals surface area contributed by atoms with E-state index in [0.717, 1.165) is 11.1 Å². The number of aliphatic hydroxyl groups excluding tert-OH is 1. The largest absolute Gasteiger partial charge is 0.496 e. The summed E-state index contributed by atoms with van der Waals surface area (Å²) in [6, 6.07) is 14.4. The number of rotatable bonds is 11. The first kappa shape index (κ1) is 24.2. The summed E-state index contributed by atoms with van der Waals surface area (Å²) in [5.41, 5.74) is 14.8. The number of benzene rings is 2. The highest BCUT2D eigenvalue weighted by Gasteiger charge is 2.21. The standard InChI is InChI=1S/C23H29N5O5/c1-31-14-33-12-11-28-21(24)19(22(25)29)20(27-28)16-9-7-15(8-10-16)13-26-23(30)17-5-3-4-6-18(17)32-2/h3-10,22,29H,11-14,24-25H2,1-2H3,(H,26,30). The predicted molar refractivity (Wildman–Crippen MR) is 123 cm³/mol. The van der Waals surface area contributed by atoms with Gasteiger partial charge in [0.25, 0.3) is 5.91 Å². The van der Waals surface area contributed by atoms with Gasteiger partial charge in [0.05, 0.1) is 31.4 Å². The molecule has 0 spiro atoms. The molecule has 0 bridgehead atoms. The molecule has 176 valence electrons. The van der Waals surface area contributed by atoms with Gasteiger partial charge in [-0.15, -0.1) is 0 Å². The third kappa shape index (κ3) is 5.88. The van der Waals surface area contributed by atoms with E-state index in [-0.39, 0.29) is 18.5 Å². The van der Waals surface area contributed by atoms with Crippen molar-refractivity contribution in [1.82, 2.24) is 15.1 Å². The molecular weight excluding hydrogens is 426 g/mol. The number of amides is 1. The zero-order valence-corrected chi connectivity index (χ0v) is 18.7. The topological polar surface area (TPSA) is 147 Å². The summed E-state index contributed by atoms with van der Waals surface area (Å²) in [5, 5.41) is 17.4. The van der Waals surface area contributed by atoms with Crippen LogP contribution in [0.25, 0.3) is 11.3 Å². The Hall–Kier alpha value is -3.44. The first-order valence-electron chi connectivity index (χ1n) is 10.3. The molecule has 0 radical (unpaired) electrons. The van der Waals surface area contributed by atoms with Crippen LogP contribution < -0.4 is 21.5 Å². The first-order chi connectivity index (χ1) is 16.0. The van der Waals surface area contributed by atoms with E-state index < -0.39 is 6.23 Å². The van der Waals surface area contributed by atoms with E-state index in [9.17, 15) is 9.90 Å². The van der Waals surface area contributed by atoms with Crippen LogP contribution in [-0.4, -0.2) is 48.4 Å². The number of para-hydroxylation sites is 1. The van der Waals surface area contributed by atoms with E-state index in [0.29, 0.717) is 42.3 Å². The summed E-state index contributed by atoms with van der Waals surface area (Å²) in [5.74, 6) is 0.556. The minimum atomic E-state index is -1.28. The van der Waals surface area contributed by atoms with Crippen LogP contribution >= 0.6 is 0 Å². The zero-order chi connectivity index (χ0) is 23.8. The molecule has 0 saturated carbocycles. The molecule has 1 unspecified atom stereocenters. The molecule has 1 aromatic heterocycles. The summed E-state index contributed by atoms with van der Waals surface area (Å²) in [6.45, 7) is 1.21. The first-order valence-corrected chi connectivity index (χ1v) is 10.3.